The van der Waals surface area contributed by atoms with E-state index in [4.69, 9.17) is 4.42 Å². The van der Waals surface area contributed by atoms with Gasteiger partial charge in [-0.15, -0.1) is 10.2 Å². The van der Waals surface area contributed by atoms with Crippen LogP contribution < -0.4 is 5.32 Å². The molecule has 0 aromatic carbocycles. The summed E-state index contributed by atoms with van der Waals surface area (Å²) in [5.41, 5.74) is 0. The highest BCUT2D eigenvalue weighted by Gasteiger charge is 2.21. The molecule has 2 fully saturated rings. The average Bonchev–Trinajstić information content (AvgIpc) is 2.86. The van der Waals surface area contributed by atoms with Crippen molar-refractivity contribution in [2.45, 2.75) is 64.0 Å². The van der Waals surface area contributed by atoms with Crippen molar-refractivity contribution in [1.29, 1.82) is 0 Å². The molecule has 4 heteroatoms. The van der Waals surface area contributed by atoms with E-state index in [-0.39, 0.29) is 0 Å². The van der Waals surface area contributed by atoms with E-state index in [0.29, 0.717) is 6.04 Å². The van der Waals surface area contributed by atoms with E-state index < -0.39 is 0 Å². The summed E-state index contributed by atoms with van der Waals surface area (Å²) in [6.07, 6.45) is 10.4. The molecule has 0 atom stereocenters. The van der Waals surface area contributed by atoms with Gasteiger partial charge in [-0.2, -0.15) is 0 Å². The summed E-state index contributed by atoms with van der Waals surface area (Å²) in [6.45, 7) is 0.737. The summed E-state index contributed by atoms with van der Waals surface area (Å²) in [5, 5.41) is 11.6. The predicted octanol–water partition coefficient (Wildman–Crippen LogP) is 2.44. The van der Waals surface area contributed by atoms with Gasteiger partial charge in [0.15, 0.2) is 0 Å². The zero-order chi connectivity index (χ0) is 11.5. The van der Waals surface area contributed by atoms with Crippen LogP contribution in [0, 0.1) is 5.92 Å². The van der Waals surface area contributed by atoms with Gasteiger partial charge in [0.2, 0.25) is 11.8 Å². The molecule has 0 amide bonds. The number of nitrogens with zero attached hydrogens (tertiary/aromatic N) is 2. The SMILES string of the molecule is C1CCC(CCc2nnc(CNC3CC3)o2)C1. The average molecular weight is 235 g/mol. The molecule has 0 saturated heterocycles. The summed E-state index contributed by atoms with van der Waals surface area (Å²) >= 11 is 0. The summed E-state index contributed by atoms with van der Waals surface area (Å²) in [4.78, 5) is 0. The molecule has 0 unspecified atom stereocenters. The first-order valence-corrected chi connectivity index (χ1v) is 6.95. The number of aromatic nitrogens is 2. The van der Waals surface area contributed by atoms with Crippen LogP contribution in [0.15, 0.2) is 4.42 Å². The minimum atomic E-state index is 0.698. The Kier molecular flexibility index (Phi) is 3.41. The third kappa shape index (κ3) is 3.28. The van der Waals surface area contributed by atoms with Crippen molar-refractivity contribution < 1.29 is 4.42 Å². The van der Waals surface area contributed by atoms with Gasteiger partial charge in [0.05, 0.1) is 6.54 Å². The zero-order valence-electron chi connectivity index (χ0n) is 10.3. The highest BCUT2D eigenvalue weighted by Crippen LogP contribution is 2.28. The number of hydrogen-bond donors (Lipinski definition) is 1. The summed E-state index contributed by atoms with van der Waals surface area (Å²) < 4.78 is 5.64. The van der Waals surface area contributed by atoms with Crippen molar-refractivity contribution in [2.24, 2.45) is 5.92 Å². The number of hydrogen-bond acceptors (Lipinski definition) is 4. The fourth-order valence-electron chi connectivity index (χ4n) is 2.61. The van der Waals surface area contributed by atoms with E-state index in [9.17, 15) is 0 Å². The second-order valence-electron chi connectivity index (χ2n) is 5.43. The van der Waals surface area contributed by atoms with Crippen LogP contribution in [-0.4, -0.2) is 16.2 Å². The Morgan fingerprint density at radius 2 is 1.82 bits per heavy atom. The van der Waals surface area contributed by atoms with Gasteiger partial charge < -0.3 is 9.73 Å². The fraction of sp³-hybridized carbons (Fsp3) is 0.846. The van der Waals surface area contributed by atoms with E-state index >= 15 is 0 Å². The molecule has 0 radical (unpaired) electrons. The number of aryl methyl sites for hydroxylation is 1. The van der Waals surface area contributed by atoms with Gasteiger partial charge >= 0.3 is 0 Å². The third-order valence-corrected chi connectivity index (χ3v) is 3.87. The molecule has 1 heterocycles. The summed E-state index contributed by atoms with van der Waals surface area (Å²) in [5.74, 6) is 2.47. The standard InChI is InChI=1S/C13H21N3O/c1-2-4-10(3-1)5-8-12-15-16-13(17-12)9-14-11-6-7-11/h10-11,14H,1-9H2. The Morgan fingerprint density at radius 3 is 2.59 bits per heavy atom. The van der Waals surface area contributed by atoms with Crippen LogP contribution in [-0.2, 0) is 13.0 Å². The van der Waals surface area contributed by atoms with Crippen LogP contribution in [0.1, 0.15) is 56.7 Å². The van der Waals surface area contributed by atoms with E-state index in [0.717, 1.165) is 30.7 Å². The van der Waals surface area contributed by atoms with Gasteiger partial charge in [-0.1, -0.05) is 25.7 Å². The molecule has 4 nitrogen and oxygen atoms in total. The first-order valence-electron chi connectivity index (χ1n) is 6.95. The van der Waals surface area contributed by atoms with Crippen molar-refractivity contribution in [3.05, 3.63) is 11.8 Å². The van der Waals surface area contributed by atoms with E-state index in [1.54, 1.807) is 0 Å². The smallest absolute Gasteiger partial charge is 0.230 e. The van der Waals surface area contributed by atoms with Crippen LogP contribution >= 0.6 is 0 Å². The molecular weight excluding hydrogens is 214 g/mol. The third-order valence-electron chi connectivity index (χ3n) is 3.87. The topological polar surface area (TPSA) is 51.0 Å². The highest BCUT2D eigenvalue weighted by atomic mass is 16.4. The molecule has 1 N–H and O–H groups in total. The number of rotatable bonds is 6. The maximum Gasteiger partial charge on any atom is 0.230 e. The minimum absolute atomic E-state index is 0.698. The first kappa shape index (κ1) is 11.2. The normalized spacial score (nSPS) is 21.2. The lowest BCUT2D eigenvalue weighted by molar-refractivity contribution is 0.406. The largest absolute Gasteiger partial charge is 0.424 e. The van der Waals surface area contributed by atoms with Gasteiger partial charge in [-0.25, -0.2) is 0 Å². The molecule has 94 valence electrons. The molecule has 2 aliphatic carbocycles. The summed E-state index contributed by atoms with van der Waals surface area (Å²) in [7, 11) is 0. The van der Waals surface area contributed by atoms with Gasteiger partial charge in [-0.05, 0) is 25.2 Å². The Morgan fingerprint density at radius 1 is 1.06 bits per heavy atom. The second-order valence-corrected chi connectivity index (χ2v) is 5.43. The monoisotopic (exact) mass is 235 g/mol. The maximum atomic E-state index is 5.64. The fourth-order valence-corrected chi connectivity index (χ4v) is 2.61. The summed E-state index contributed by atoms with van der Waals surface area (Å²) in [6, 6.07) is 0.698. The van der Waals surface area contributed by atoms with Crippen molar-refractivity contribution >= 4 is 0 Å². The lowest BCUT2D eigenvalue weighted by Crippen LogP contribution is -2.15. The Labute approximate surface area is 102 Å². The highest BCUT2D eigenvalue weighted by molar-refractivity contribution is 4.87. The van der Waals surface area contributed by atoms with Crippen LogP contribution in [0.4, 0.5) is 0 Å². The zero-order valence-corrected chi connectivity index (χ0v) is 10.3. The molecule has 0 spiro atoms. The van der Waals surface area contributed by atoms with Crippen molar-refractivity contribution in [3.8, 4) is 0 Å². The van der Waals surface area contributed by atoms with Gasteiger partial charge in [0.25, 0.3) is 0 Å². The van der Waals surface area contributed by atoms with Crippen LogP contribution in [0.25, 0.3) is 0 Å². The Balaban J connectivity index is 1.42. The molecule has 2 saturated carbocycles. The van der Waals surface area contributed by atoms with Gasteiger partial charge in [0.1, 0.15) is 0 Å². The molecule has 3 rings (SSSR count). The lowest BCUT2D eigenvalue weighted by atomic mass is 10.0. The molecule has 1 aromatic rings. The predicted molar refractivity (Wildman–Crippen MR) is 64.4 cm³/mol. The molecule has 0 bridgehead atoms. The number of nitrogens with one attached hydrogen (secondary N) is 1. The quantitative estimate of drug-likeness (QED) is 0.822. The lowest BCUT2D eigenvalue weighted by Gasteiger charge is -2.04. The first-order chi connectivity index (χ1) is 8.40. The molecule has 2 aliphatic rings. The van der Waals surface area contributed by atoms with E-state index in [1.807, 2.05) is 0 Å². The molecule has 17 heavy (non-hydrogen) atoms. The van der Waals surface area contributed by atoms with Crippen molar-refractivity contribution in [2.75, 3.05) is 0 Å². The Hall–Kier alpha value is -0.900. The van der Waals surface area contributed by atoms with E-state index in [1.165, 1.54) is 44.9 Å². The van der Waals surface area contributed by atoms with Crippen LogP contribution in [0.2, 0.25) is 0 Å². The van der Waals surface area contributed by atoms with Crippen molar-refractivity contribution in [1.82, 2.24) is 15.5 Å². The van der Waals surface area contributed by atoms with Gasteiger partial charge in [0, 0.05) is 12.5 Å². The molecule has 0 aliphatic heterocycles. The molecular formula is C13H21N3O. The van der Waals surface area contributed by atoms with Crippen LogP contribution in [0.5, 0.6) is 0 Å². The second kappa shape index (κ2) is 5.17. The van der Waals surface area contributed by atoms with Gasteiger partial charge in [-0.3, -0.25) is 0 Å². The maximum absolute atomic E-state index is 5.64. The van der Waals surface area contributed by atoms with Crippen molar-refractivity contribution in [3.63, 3.8) is 0 Å². The van der Waals surface area contributed by atoms with E-state index in [2.05, 4.69) is 15.5 Å². The Bertz CT molecular complexity index is 353. The van der Waals surface area contributed by atoms with Crippen LogP contribution in [0.3, 0.4) is 0 Å². The molecule has 1 aromatic heterocycles. The minimum Gasteiger partial charge on any atom is -0.424 e.